The molecule has 0 bridgehead atoms. The molecule has 4 nitrogen and oxygen atoms in total. The number of carbonyl (C=O) groups is 1. The van der Waals surface area contributed by atoms with Crippen LogP contribution in [0.4, 0.5) is 4.39 Å². The Labute approximate surface area is 159 Å². The van der Waals surface area contributed by atoms with Gasteiger partial charge in [-0.05, 0) is 54.3 Å². The van der Waals surface area contributed by atoms with E-state index in [0.29, 0.717) is 19.8 Å². The van der Waals surface area contributed by atoms with E-state index in [-0.39, 0.29) is 17.1 Å². The van der Waals surface area contributed by atoms with Crippen LogP contribution in [0.25, 0.3) is 6.08 Å². The third-order valence-electron chi connectivity index (χ3n) is 5.01. The molecule has 0 unspecified atom stereocenters. The zero-order chi connectivity index (χ0) is 19.1. The molecule has 2 aromatic rings. The van der Waals surface area contributed by atoms with Gasteiger partial charge in [0.1, 0.15) is 11.6 Å². The lowest BCUT2D eigenvalue weighted by Gasteiger charge is -2.37. The molecular weight excluding hydrogens is 345 g/mol. The summed E-state index contributed by atoms with van der Waals surface area (Å²) in [5.74, 6) is 0.299. The van der Waals surface area contributed by atoms with E-state index in [1.54, 1.807) is 25.3 Å². The van der Waals surface area contributed by atoms with Crippen LogP contribution < -0.4 is 10.1 Å². The normalized spacial score (nSPS) is 16.2. The minimum absolute atomic E-state index is 0.180. The van der Waals surface area contributed by atoms with Gasteiger partial charge in [0.25, 0.3) is 0 Å². The van der Waals surface area contributed by atoms with Crippen molar-refractivity contribution in [2.75, 3.05) is 26.9 Å². The molecule has 0 radical (unpaired) electrons. The Morgan fingerprint density at radius 1 is 1.22 bits per heavy atom. The maximum Gasteiger partial charge on any atom is 0.244 e. The van der Waals surface area contributed by atoms with E-state index in [1.165, 1.54) is 12.1 Å². The first kappa shape index (κ1) is 19.1. The maximum absolute atomic E-state index is 13.7. The zero-order valence-corrected chi connectivity index (χ0v) is 15.4. The highest BCUT2D eigenvalue weighted by molar-refractivity contribution is 5.91. The van der Waals surface area contributed by atoms with Gasteiger partial charge in [0.2, 0.25) is 5.91 Å². The van der Waals surface area contributed by atoms with Crippen molar-refractivity contribution in [3.63, 3.8) is 0 Å². The highest BCUT2D eigenvalue weighted by Crippen LogP contribution is 2.34. The summed E-state index contributed by atoms with van der Waals surface area (Å²) in [5, 5.41) is 2.98. The Morgan fingerprint density at radius 3 is 2.74 bits per heavy atom. The van der Waals surface area contributed by atoms with E-state index in [1.807, 2.05) is 30.3 Å². The fourth-order valence-electron chi connectivity index (χ4n) is 3.38. The molecule has 0 aliphatic carbocycles. The van der Waals surface area contributed by atoms with Crippen LogP contribution in [-0.4, -0.2) is 32.8 Å². The predicted octanol–water partition coefficient (Wildman–Crippen LogP) is 3.71. The number of halogens is 1. The topological polar surface area (TPSA) is 47.6 Å². The smallest absolute Gasteiger partial charge is 0.244 e. The van der Waals surface area contributed by atoms with Crippen molar-refractivity contribution in [2.24, 2.45) is 0 Å². The first-order valence-corrected chi connectivity index (χ1v) is 9.05. The number of methoxy groups -OCH3 is 1. The second kappa shape index (κ2) is 8.82. The van der Waals surface area contributed by atoms with Gasteiger partial charge >= 0.3 is 0 Å². The molecule has 3 rings (SSSR count). The van der Waals surface area contributed by atoms with Crippen molar-refractivity contribution in [1.29, 1.82) is 0 Å². The Bertz CT molecular complexity index is 813. The number of benzene rings is 2. The second-order valence-electron chi connectivity index (χ2n) is 6.73. The van der Waals surface area contributed by atoms with E-state index in [0.717, 1.165) is 29.7 Å². The van der Waals surface area contributed by atoms with Gasteiger partial charge in [-0.1, -0.05) is 24.3 Å². The summed E-state index contributed by atoms with van der Waals surface area (Å²) in [6.45, 7) is 1.65. The largest absolute Gasteiger partial charge is 0.497 e. The van der Waals surface area contributed by atoms with E-state index < -0.39 is 0 Å². The number of ether oxygens (including phenoxy) is 2. The summed E-state index contributed by atoms with van der Waals surface area (Å²) in [4.78, 5) is 12.3. The summed E-state index contributed by atoms with van der Waals surface area (Å²) in [6.07, 6.45) is 4.75. The van der Waals surface area contributed by atoms with Gasteiger partial charge in [0, 0.05) is 31.2 Å². The zero-order valence-electron chi connectivity index (χ0n) is 15.4. The molecule has 1 N–H and O–H groups in total. The minimum atomic E-state index is -0.306. The fraction of sp³-hybridized carbons (Fsp3) is 0.318. The van der Waals surface area contributed by atoms with Gasteiger partial charge in [-0.25, -0.2) is 4.39 Å². The number of hydrogen-bond acceptors (Lipinski definition) is 3. The third kappa shape index (κ3) is 4.95. The molecule has 1 aliphatic heterocycles. The number of amides is 1. The Kier molecular flexibility index (Phi) is 6.24. The molecule has 0 saturated carbocycles. The van der Waals surface area contributed by atoms with E-state index in [4.69, 9.17) is 9.47 Å². The highest BCUT2D eigenvalue weighted by Gasteiger charge is 2.34. The summed E-state index contributed by atoms with van der Waals surface area (Å²) >= 11 is 0. The quantitative estimate of drug-likeness (QED) is 0.790. The van der Waals surface area contributed by atoms with Gasteiger partial charge in [0.05, 0.1) is 7.11 Å². The first-order chi connectivity index (χ1) is 13.1. The molecule has 142 valence electrons. The van der Waals surface area contributed by atoms with Crippen molar-refractivity contribution < 1.29 is 18.7 Å². The van der Waals surface area contributed by atoms with E-state index in [9.17, 15) is 9.18 Å². The van der Waals surface area contributed by atoms with Crippen molar-refractivity contribution in [1.82, 2.24) is 5.32 Å². The number of nitrogens with one attached hydrogen (secondary N) is 1. The van der Waals surface area contributed by atoms with Crippen molar-refractivity contribution in [2.45, 2.75) is 18.3 Å². The second-order valence-corrected chi connectivity index (χ2v) is 6.73. The summed E-state index contributed by atoms with van der Waals surface area (Å²) in [7, 11) is 1.61. The van der Waals surface area contributed by atoms with Crippen LogP contribution in [0.1, 0.15) is 24.0 Å². The molecule has 1 aliphatic rings. The minimum Gasteiger partial charge on any atom is -0.497 e. The first-order valence-electron chi connectivity index (χ1n) is 9.05. The van der Waals surface area contributed by atoms with Crippen LogP contribution in [0.2, 0.25) is 0 Å². The molecule has 27 heavy (non-hydrogen) atoms. The molecule has 1 amide bonds. The number of carbonyl (C=O) groups excluding carboxylic acids is 1. The molecular formula is C22H24FNO3. The summed E-state index contributed by atoms with van der Waals surface area (Å²) < 4.78 is 24.4. The summed E-state index contributed by atoms with van der Waals surface area (Å²) in [5.41, 5.74) is 1.48. The lowest BCUT2D eigenvalue weighted by Crippen LogP contribution is -2.44. The van der Waals surface area contributed by atoms with Gasteiger partial charge in [-0.3, -0.25) is 4.79 Å². The third-order valence-corrected chi connectivity index (χ3v) is 5.01. The van der Waals surface area contributed by atoms with Gasteiger partial charge in [-0.15, -0.1) is 0 Å². The van der Waals surface area contributed by atoms with Gasteiger partial charge < -0.3 is 14.8 Å². The van der Waals surface area contributed by atoms with Crippen LogP contribution in [0.5, 0.6) is 5.75 Å². The SMILES string of the molecule is COc1cccc(C=CC(=O)NCC2(c3cccc(F)c3)CCOCC2)c1. The summed E-state index contributed by atoms with van der Waals surface area (Å²) in [6, 6.07) is 14.1. The molecule has 0 spiro atoms. The van der Waals surface area contributed by atoms with Crippen LogP contribution in [-0.2, 0) is 14.9 Å². The Balaban J connectivity index is 1.68. The van der Waals surface area contributed by atoms with Crippen LogP contribution in [0, 0.1) is 5.82 Å². The number of hydrogen-bond donors (Lipinski definition) is 1. The molecule has 1 fully saturated rings. The molecule has 0 aromatic heterocycles. The lowest BCUT2D eigenvalue weighted by molar-refractivity contribution is -0.116. The maximum atomic E-state index is 13.7. The monoisotopic (exact) mass is 369 g/mol. The van der Waals surface area contributed by atoms with E-state index in [2.05, 4.69) is 5.32 Å². The highest BCUT2D eigenvalue weighted by atomic mass is 19.1. The molecule has 0 atom stereocenters. The Morgan fingerprint density at radius 2 is 2.00 bits per heavy atom. The van der Waals surface area contributed by atoms with Crippen molar-refractivity contribution in [3.05, 3.63) is 71.6 Å². The molecule has 5 heteroatoms. The Hall–Kier alpha value is -2.66. The van der Waals surface area contributed by atoms with Crippen LogP contribution >= 0.6 is 0 Å². The number of rotatable bonds is 6. The molecule has 1 saturated heterocycles. The van der Waals surface area contributed by atoms with E-state index >= 15 is 0 Å². The average molecular weight is 369 g/mol. The fourth-order valence-corrected chi connectivity index (χ4v) is 3.38. The van der Waals surface area contributed by atoms with Gasteiger partial charge in [-0.2, -0.15) is 0 Å². The standard InChI is InChI=1S/C22H24FNO3/c1-26-20-7-2-4-17(14-20)8-9-21(25)24-16-22(10-12-27-13-11-22)18-5-3-6-19(23)15-18/h2-9,14-15H,10-13,16H2,1H3,(H,24,25). The molecule has 2 aromatic carbocycles. The van der Waals surface area contributed by atoms with Crippen LogP contribution in [0.3, 0.4) is 0 Å². The molecule has 1 heterocycles. The lowest BCUT2D eigenvalue weighted by atomic mass is 9.74. The average Bonchev–Trinajstić information content (AvgIpc) is 2.71. The van der Waals surface area contributed by atoms with Crippen molar-refractivity contribution in [3.8, 4) is 5.75 Å². The van der Waals surface area contributed by atoms with Crippen molar-refractivity contribution >= 4 is 12.0 Å². The van der Waals surface area contributed by atoms with Crippen LogP contribution in [0.15, 0.2) is 54.6 Å². The predicted molar refractivity (Wildman–Crippen MR) is 103 cm³/mol. The van der Waals surface area contributed by atoms with Gasteiger partial charge in [0.15, 0.2) is 0 Å².